The minimum Gasteiger partial charge on any atom is -0.459 e. The van der Waals surface area contributed by atoms with Crippen molar-refractivity contribution < 1.29 is 14.3 Å². The number of para-hydroxylation sites is 1. The fourth-order valence-electron chi connectivity index (χ4n) is 2.08. The van der Waals surface area contributed by atoms with E-state index in [0.29, 0.717) is 10.6 Å². The Balaban J connectivity index is 1.42. The molecule has 0 saturated carbocycles. The Morgan fingerprint density at radius 3 is 2.64 bits per heavy atom. The first-order valence-corrected chi connectivity index (χ1v) is 9.45. The number of thiazole rings is 1. The average molecular weight is 372 g/mol. The molecule has 0 aliphatic carbocycles. The van der Waals surface area contributed by atoms with Gasteiger partial charge in [0.2, 0.25) is 0 Å². The van der Waals surface area contributed by atoms with Gasteiger partial charge in [0, 0.05) is 17.5 Å². The fourth-order valence-corrected chi connectivity index (χ4v) is 3.49. The Morgan fingerprint density at radius 1 is 1.04 bits per heavy atom. The van der Waals surface area contributed by atoms with Crippen LogP contribution < -0.4 is 5.32 Å². The molecule has 1 N–H and O–H groups in total. The van der Waals surface area contributed by atoms with E-state index in [-0.39, 0.29) is 25.2 Å². The van der Waals surface area contributed by atoms with E-state index < -0.39 is 5.97 Å². The van der Waals surface area contributed by atoms with Crippen LogP contribution in [0.2, 0.25) is 0 Å². The van der Waals surface area contributed by atoms with Gasteiger partial charge in [0.15, 0.2) is 10.9 Å². The SMILES string of the molecule is O=C(CCC(=O)c1cccs1)OCc1csc(Nc2ccccc2)n1. The number of nitrogens with zero attached hydrogens (tertiary/aromatic N) is 1. The Hall–Kier alpha value is -2.51. The number of benzene rings is 1. The fraction of sp³-hybridized carbons (Fsp3) is 0.167. The largest absolute Gasteiger partial charge is 0.459 e. The molecular formula is C18H16N2O3S2. The number of Topliss-reactive ketones (excluding diaryl/α,β-unsaturated/α-hetero) is 1. The van der Waals surface area contributed by atoms with Gasteiger partial charge in [-0.2, -0.15) is 0 Å². The van der Waals surface area contributed by atoms with Crippen LogP contribution in [-0.4, -0.2) is 16.7 Å². The zero-order valence-corrected chi connectivity index (χ0v) is 14.9. The molecule has 0 fully saturated rings. The molecular weight excluding hydrogens is 356 g/mol. The van der Waals surface area contributed by atoms with Gasteiger partial charge in [0.1, 0.15) is 6.61 Å². The molecule has 0 bridgehead atoms. The molecule has 0 aliphatic rings. The second-order valence-corrected chi connectivity index (χ2v) is 7.00. The Kier molecular flexibility index (Phi) is 5.92. The third-order valence-corrected chi connectivity index (χ3v) is 5.03. The van der Waals surface area contributed by atoms with Crippen molar-refractivity contribution in [2.24, 2.45) is 0 Å². The number of carbonyl (C=O) groups is 2. The molecule has 128 valence electrons. The summed E-state index contributed by atoms with van der Waals surface area (Å²) in [4.78, 5) is 28.7. The van der Waals surface area contributed by atoms with Crippen LogP contribution in [0.3, 0.4) is 0 Å². The van der Waals surface area contributed by atoms with Crippen molar-refractivity contribution in [2.45, 2.75) is 19.4 Å². The standard InChI is InChI=1S/C18H16N2O3S2/c21-15(16-7-4-10-24-16)8-9-17(22)23-11-14-12-25-18(20-14)19-13-5-2-1-3-6-13/h1-7,10,12H,8-9,11H2,(H,19,20). The summed E-state index contributed by atoms with van der Waals surface area (Å²) < 4.78 is 5.19. The molecule has 0 saturated heterocycles. The predicted octanol–water partition coefficient (Wildman–Crippen LogP) is 4.65. The van der Waals surface area contributed by atoms with Gasteiger partial charge in [-0.15, -0.1) is 22.7 Å². The monoisotopic (exact) mass is 372 g/mol. The Labute approximate surface area is 153 Å². The normalized spacial score (nSPS) is 10.4. The van der Waals surface area contributed by atoms with Crippen molar-refractivity contribution in [2.75, 3.05) is 5.32 Å². The van der Waals surface area contributed by atoms with Gasteiger partial charge in [-0.25, -0.2) is 4.98 Å². The van der Waals surface area contributed by atoms with E-state index in [1.807, 2.05) is 47.2 Å². The highest BCUT2D eigenvalue weighted by Crippen LogP contribution is 2.21. The average Bonchev–Trinajstić information content (AvgIpc) is 3.31. The molecule has 0 radical (unpaired) electrons. The summed E-state index contributed by atoms with van der Waals surface area (Å²) in [5, 5.41) is 7.62. The molecule has 1 aromatic carbocycles. The zero-order chi connectivity index (χ0) is 17.5. The number of carbonyl (C=O) groups excluding carboxylic acids is 2. The summed E-state index contributed by atoms with van der Waals surface area (Å²) in [6.45, 7) is 0.110. The summed E-state index contributed by atoms with van der Waals surface area (Å²) in [5.74, 6) is -0.426. The minimum atomic E-state index is -0.393. The van der Waals surface area contributed by atoms with E-state index in [4.69, 9.17) is 4.74 Å². The van der Waals surface area contributed by atoms with Crippen molar-refractivity contribution in [1.29, 1.82) is 0 Å². The highest BCUT2D eigenvalue weighted by atomic mass is 32.1. The number of thiophene rings is 1. The second kappa shape index (κ2) is 8.55. The van der Waals surface area contributed by atoms with Crippen molar-refractivity contribution in [3.8, 4) is 0 Å². The van der Waals surface area contributed by atoms with Crippen molar-refractivity contribution in [1.82, 2.24) is 4.98 Å². The van der Waals surface area contributed by atoms with Crippen LogP contribution in [0.4, 0.5) is 10.8 Å². The van der Waals surface area contributed by atoms with Crippen LogP contribution >= 0.6 is 22.7 Å². The van der Waals surface area contributed by atoms with Gasteiger partial charge < -0.3 is 10.1 Å². The summed E-state index contributed by atoms with van der Waals surface area (Å²) in [6.07, 6.45) is 0.243. The van der Waals surface area contributed by atoms with Crippen molar-refractivity contribution in [3.05, 3.63) is 63.8 Å². The first-order chi connectivity index (χ1) is 12.2. The smallest absolute Gasteiger partial charge is 0.306 e. The van der Waals surface area contributed by atoms with Gasteiger partial charge in [0.25, 0.3) is 0 Å². The molecule has 25 heavy (non-hydrogen) atoms. The number of ether oxygens (including phenoxy) is 1. The summed E-state index contributed by atoms with van der Waals surface area (Å²) in [5.41, 5.74) is 1.63. The maximum absolute atomic E-state index is 11.8. The lowest BCUT2D eigenvalue weighted by atomic mass is 10.2. The molecule has 0 unspecified atom stereocenters. The molecule has 2 aromatic heterocycles. The lowest BCUT2D eigenvalue weighted by Gasteiger charge is -2.03. The molecule has 0 aliphatic heterocycles. The molecule has 0 amide bonds. The van der Waals surface area contributed by atoms with Gasteiger partial charge in [-0.1, -0.05) is 24.3 Å². The van der Waals surface area contributed by atoms with Gasteiger partial charge >= 0.3 is 5.97 Å². The van der Waals surface area contributed by atoms with E-state index in [2.05, 4.69) is 10.3 Å². The van der Waals surface area contributed by atoms with Crippen LogP contribution in [0, 0.1) is 0 Å². The summed E-state index contributed by atoms with van der Waals surface area (Å²) in [7, 11) is 0. The zero-order valence-electron chi connectivity index (χ0n) is 13.3. The first-order valence-electron chi connectivity index (χ1n) is 7.69. The lowest BCUT2D eigenvalue weighted by Crippen LogP contribution is -2.07. The highest BCUT2D eigenvalue weighted by molar-refractivity contribution is 7.13. The molecule has 0 spiro atoms. The number of aromatic nitrogens is 1. The maximum atomic E-state index is 11.8. The van der Waals surface area contributed by atoms with Gasteiger partial charge in [-0.3, -0.25) is 9.59 Å². The van der Waals surface area contributed by atoms with E-state index >= 15 is 0 Å². The van der Waals surface area contributed by atoms with Crippen molar-refractivity contribution >= 4 is 45.2 Å². The predicted molar refractivity (Wildman–Crippen MR) is 99.5 cm³/mol. The number of ketones is 1. The van der Waals surface area contributed by atoms with Crippen molar-refractivity contribution in [3.63, 3.8) is 0 Å². The van der Waals surface area contributed by atoms with Gasteiger partial charge in [0.05, 0.1) is 17.0 Å². The van der Waals surface area contributed by atoms with E-state index in [1.165, 1.54) is 22.7 Å². The second-order valence-electron chi connectivity index (χ2n) is 5.20. The van der Waals surface area contributed by atoms with Crippen LogP contribution in [-0.2, 0) is 16.1 Å². The Bertz CT molecular complexity index is 829. The van der Waals surface area contributed by atoms with Crippen LogP contribution in [0.1, 0.15) is 28.2 Å². The number of esters is 1. The van der Waals surface area contributed by atoms with Crippen LogP contribution in [0.5, 0.6) is 0 Å². The van der Waals surface area contributed by atoms with Crippen LogP contribution in [0.15, 0.2) is 53.2 Å². The molecule has 3 rings (SSSR count). The number of hydrogen-bond acceptors (Lipinski definition) is 7. The summed E-state index contributed by atoms with van der Waals surface area (Å²) in [6, 6.07) is 13.3. The number of hydrogen-bond donors (Lipinski definition) is 1. The molecule has 7 heteroatoms. The maximum Gasteiger partial charge on any atom is 0.306 e. The number of nitrogens with one attached hydrogen (secondary N) is 1. The molecule has 3 aromatic rings. The molecule has 0 atom stereocenters. The van der Waals surface area contributed by atoms with Gasteiger partial charge in [-0.05, 0) is 23.6 Å². The third kappa shape index (κ3) is 5.23. The number of anilines is 2. The van der Waals surface area contributed by atoms with E-state index in [9.17, 15) is 9.59 Å². The Morgan fingerprint density at radius 2 is 1.88 bits per heavy atom. The molecule has 2 heterocycles. The summed E-state index contributed by atoms with van der Waals surface area (Å²) >= 11 is 2.83. The van der Waals surface area contributed by atoms with Crippen LogP contribution in [0.25, 0.3) is 0 Å². The number of rotatable bonds is 8. The quantitative estimate of drug-likeness (QED) is 0.460. The highest BCUT2D eigenvalue weighted by Gasteiger charge is 2.12. The van der Waals surface area contributed by atoms with E-state index in [1.54, 1.807) is 6.07 Å². The topological polar surface area (TPSA) is 68.3 Å². The first kappa shape index (κ1) is 17.3. The minimum absolute atomic E-state index is 0.0324. The van der Waals surface area contributed by atoms with E-state index in [0.717, 1.165) is 10.8 Å². The third-order valence-electron chi connectivity index (χ3n) is 3.31. The molecule has 5 nitrogen and oxygen atoms in total. The lowest BCUT2D eigenvalue weighted by molar-refractivity contribution is -0.145.